The maximum atomic E-state index is 13.2. The van der Waals surface area contributed by atoms with Gasteiger partial charge < -0.3 is 49.3 Å². The van der Waals surface area contributed by atoms with Crippen molar-refractivity contribution < 1.29 is 54.1 Å². The molecule has 0 bridgehead atoms. The summed E-state index contributed by atoms with van der Waals surface area (Å²) in [5, 5.41) is 61.6. The van der Waals surface area contributed by atoms with E-state index < -0.39 is 69.2 Å². The van der Waals surface area contributed by atoms with Gasteiger partial charge in [-0.2, -0.15) is 0 Å². The molecule has 0 spiro atoms. The standard InChI is InChI=1S/C27H24O12/c1-36-18-7-12(8-19(37-2)23(18)33)13(9-20(32)38-3)21-16(30)10-17(31)22-24(34)25(35)26(39-27(21)22)11-4-5-14(28)15(29)6-11/h4-8,10,13,28-31,33,35H,9H2,1-3H3. The molecule has 12 nitrogen and oxygen atoms in total. The SMILES string of the molecule is COC(=O)CC(c1cc(OC)c(O)c(OC)c1)c1c(O)cc(O)c2c(=O)c(O)c(-c3ccc(O)c(O)c3)oc12. The summed E-state index contributed by atoms with van der Waals surface area (Å²) < 4.78 is 21.1. The lowest BCUT2D eigenvalue weighted by molar-refractivity contribution is -0.140. The highest BCUT2D eigenvalue weighted by atomic mass is 16.5. The summed E-state index contributed by atoms with van der Waals surface area (Å²) in [6, 6.07) is 7.00. The Kier molecular flexibility index (Phi) is 7.04. The molecule has 4 aromatic rings. The molecule has 0 aliphatic heterocycles. The first kappa shape index (κ1) is 26.8. The molecule has 0 aliphatic carbocycles. The number of methoxy groups -OCH3 is 3. The second-order valence-electron chi connectivity index (χ2n) is 8.45. The lowest BCUT2D eigenvalue weighted by Crippen LogP contribution is -2.13. The van der Waals surface area contributed by atoms with Crippen LogP contribution in [0.1, 0.15) is 23.5 Å². The molecule has 204 valence electrons. The highest BCUT2D eigenvalue weighted by Crippen LogP contribution is 2.47. The molecule has 0 amide bonds. The van der Waals surface area contributed by atoms with Gasteiger partial charge in [0.05, 0.1) is 27.8 Å². The fourth-order valence-corrected chi connectivity index (χ4v) is 4.29. The largest absolute Gasteiger partial charge is 0.507 e. The fourth-order valence-electron chi connectivity index (χ4n) is 4.29. The lowest BCUT2D eigenvalue weighted by Gasteiger charge is -2.22. The van der Waals surface area contributed by atoms with Crippen LogP contribution in [0, 0.1) is 0 Å². The van der Waals surface area contributed by atoms with E-state index in [4.69, 9.17) is 18.6 Å². The number of hydrogen-bond acceptors (Lipinski definition) is 12. The van der Waals surface area contributed by atoms with Crippen molar-refractivity contribution in [1.82, 2.24) is 0 Å². The van der Waals surface area contributed by atoms with E-state index in [1.807, 2.05) is 0 Å². The Morgan fingerprint density at radius 3 is 2.03 bits per heavy atom. The first-order valence-electron chi connectivity index (χ1n) is 11.3. The van der Waals surface area contributed by atoms with Crippen LogP contribution in [-0.4, -0.2) is 57.9 Å². The van der Waals surface area contributed by atoms with Gasteiger partial charge >= 0.3 is 5.97 Å². The molecule has 1 aromatic heterocycles. The van der Waals surface area contributed by atoms with Crippen LogP contribution >= 0.6 is 0 Å². The summed E-state index contributed by atoms with van der Waals surface area (Å²) in [4.78, 5) is 25.7. The monoisotopic (exact) mass is 540 g/mol. The molecule has 0 radical (unpaired) electrons. The number of fused-ring (bicyclic) bond motifs is 1. The fraction of sp³-hybridized carbons (Fsp3) is 0.185. The Hall–Kier alpha value is -5.26. The summed E-state index contributed by atoms with van der Waals surface area (Å²) in [5.74, 6) is -5.93. The number of esters is 1. The first-order valence-corrected chi connectivity index (χ1v) is 11.3. The van der Waals surface area contributed by atoms with E-state index in [1.54, 1.807) is 0 Å². The maximum absolute atomic E-state index is 13.2. The van der Waals surface area contributed by atoms with Crippen LogP contribution in [-0.2, 0) is 9.53 Å². The van der Waals surface area contributed by atoms with Crippen LogP contribution in [0.25, 0.3) is 22.3 Å². The summed E-state index contributed by atoms with van der Waals surface area (Å²) >= 11 is 0. The number of rotatable bonds is 7. The summed E-state index contributed by atoms with van der Waals surface area (Å²) in [6.07, 6.45) is -0.416. The normalized spacial score (nSPS) is 11.8. The second-order valence-corrected chi connectivity index (χ2v) is 8.45. The van der Waals surface area contributed by atoms with Crippen LogP contribution in [0.2, 0.25) is 0 Å². The summed E-state index contributed by atoms with van der Waals surface area (Å²) in [7, 11) is 3.74. The summed E-state index contributed by atoms with van der Waals surface area (Å²) in [5.41, 5.74) is -1.38. The molecule has 1 atom stereocenters. The quantitative estimate of drug-likeness (QED) is 0.148. The predicted octanol–water partition coefficient (Wildman–Crippen LogP) is 3.41. The molecule has 39 heavy (non-hydrogen) atoms. The third-order valence-corrected chi connectivity index (χ3v) is 6.23. The zero-order valence-corrected chi connectivity index (χ0v) is 20.9. The van der Waals surface area contributed by atoms with Crippen molar-refractivity contribution in [3.63, 3.8) is 0 Å². The van der Waals surface area contributed by atoms with Gasteiger partial charge in [0.25, 0.3) is 0 Å². The molecule has 4 rings (SSSR count). The van der Waals surface area contributed by atoms with Gasteiger partial charge in [0.1, 0.15) is 22.5 Å². The van der Waals surface area contributed by atoms with Crippen molar-refractivity contribution >= 4 is 16.9 Å². The van der Waals surface area contributed by atoms with E-state index in [2.05, 4.69) is 0 Å². The van der Waals surface area contributed by atoms with Gasteiger partial charge in [-0.15, -0.1) is 0 Å². The van der Waals surface area contributed by atoms with E-state index in [1.165, 1.54) is 32.4 Å². The van der Waals surface area contributed by atoms with Gasteiger partial charge in [-0.25, -0.2) is 0 Å². The number of carbonyl (C=O) groups is 1. The zero-order chi connectivity index (χ0) is 28.6. The van der Waals surface area contributed by atoms with Gasteiger partial charge in [-0.3, -0.25) is 9.59 Å². The molecule has 12 heteroatoms. The maximum Gasteiger partial charge on any atom is 0.306 e. The van der Waals surface area contributed by atoms with Gasteiger partial charge in [0.2, 0.25) is 16.9 Å². The predicted molar refractivity (Wildman–Crippen MR) is 136 cm³/mol. The molecule has 1 unspecified atom stereocenters. The molecular weight excluding hydrogens is 516 g/mol. The number of aromatic hydroxyl groups is 6. The molecule has 0 saturated carbocycles. The van der Waals surface area contributed by atoms with Crippen molar-refractivity contribution in [3.05, 3.63) is 57.7 Å². The minimum atomic E-state index is -1.13. The Bertz CT molecular complexity index is 1630. The third-order valence-electron chi connectivity index (χ3n) is 6.23. The lowest BCUT2D eigenvalue weighted by atomic mass is 9.86. The molecule has 0 fully saturated rings. The van der Waals surface area contributed by atoms with Crippen LogP contribution in [0.3, 0.4) is 0 Å². The second kappa shape index (κ2) is 10.2. The molecular formula is C27H24O12. The third kappa shape index (κ3) is 4.63. The van der Waals surface area contributed by atoms with Gasteiger partial charge in [-0.05, 0) is 35.9 Å². The van der Waals surface area contributed by atoms with Crippen molar-refractivity contribution in [2.24, 2.45) is 0 Å². The van der Waals surface area contributed by atoms with Crippen molar-refractivity contribution in [2.45, 2.75) is 12.3 Å². The van der Waals surface area contributed by atoms with Gasteiger partial charge in [-0.1, -0.05) is 0 Å². The Labute approximate surface area is 220 Å². The van der Waals surface area contributed by atoms with Crippen LogP contribution in [0.5, 0.6) is 46.0 Å². The van der Waals surface area contributed by atoms with E-state index in [-0.39, 0.29) is 33.9 Å². The number of benzene rings is 3. The Balaban J connectivity index is 2.12. The van der Waals surface area contributed by atoms with Gasteiger partial charge in [0.15, 0.2) is 28.8 Å². The first-order chi connectivity index (χ1) is 18.5. The summed E-state index contributed by atoms with van der Waals surface area (Å²) in [6.45, 7) is 0. The zero-order valence-electron chi connectivity index (χ0n) is 20.9. The average Bonchev–Trinajstić information content (AvgIpc) is 2.91. The minimum Gasteiger partial charge on any atom is -0.507 e. The van der Waals surface area contributed by atoms with E-state index in [0.29, 0.717) is 0 Å². The van der Waals surface area contributed by atoms with Crippen LogP contribution in [0.15, 0.2) is 45.6 Å². The van der Waals surface area contributed by atoms with Crippen molar-refractivity contribution in [1.29, 1.82) is 0 Å². The number of phenols is 5. The number of hydrogen-bond donors (Lipinski definition) is 6. The number of ether oxygens (including phenoxy) is 3. The number of phenolic OH excluding ortho intramolecular Hbond substituents is 5. The van der Waals surface area contributed by atoms with Gasteiger partial charge in [0, 0.05) is 23.1 Å². The Morgan fingerprint density at radius 1 is 0.821 bits per heavy atom. The van der Waals surface area contributed by atoms with E-state index in [9.17, 15) is 40.2 Å². The molecule has 6 N–H and O–H groups in total. The molecule has 0 saturated heterocycles. The molecule has 3 aromatic carbocycles. The highest BCUT2D eigenvalue weighted by Gasteiger charge is 2.31. The van der Waals surface area contributed by atoms with Crippen molar-refractivity contribution in [3.8, 4) is 57.3 Å². The van der Waals surface area contributed by atoms with Crippen molar-refractivity contribution in [2.75, 3.05) is 21.3 Å². The highest BCUT2D eigenvalue weighted by molar-refractivity contribution is 5.92. The van der Waals surface area contributed by atoms with E-state index in [0.717, 1.165) is 25.3 Å². The molecule has 1 heterocycles. The number of carbonyl (C=O) groups excluding carboxylic acids is 1. The Morgan fingerprint density at radius 2 is 1.46 bits per heavy atom. The smallest absolute Gasteiger partial charge is 0.306 e. The van der Waals surface area contributed by atoms with Crippen LogP contribution in [0.4, 0.5) is 0 Å². The minimum absolute atomic E-state index is 0.0203. The van der Waals surface area contributed by atoms with E-state index >= 15 is 0 Å². The topological polar surface area (TPSA) is 196 Å². The van der Waals surface area contributed by atoms with Crippen LogP contribution < -0.4 is 14.9 Å². The average molecular weight is 540 g/mol. The molecule has 0 aliphatic rings.